The third-order valence-corrected chi connectivity index (χ3v) is 5.52. The van der Waals surface area contributed by atoms with Crippen LogP contribution in [-0.2, 0) is 16.0 Å². The zero-order valence-electron chi connectivity index (χ0n) is 19.2. The number of aryl methyl sites for hydroxylation is 1. The van der Waals surface area contributed by atoms with Gasteiger partial charge in [-0.15, -0.1) is 13.2 Å². The van der Waals surface area contributed by atoms with Crippen molar-refractivity contribution in [2.75, 3.05) is 13.2 Å². The van der Waals surface area contributed by atoms with E-state index in [9.17, 15) is 23.2 Å². The molecule has 0 N–H and O–H groups in total. The van der Waals surface area contributed by atoms with Crippen molar-refractivity contribution < 1.29 is 32.2 Å². The normalized spacial score (nSPS) is 13.3. The lowest BCUT2D eigenvalue weighted by Crippen LogP contribution is -2.17. The van der Waals surface area contributed by atoms with Gasteiger partial charge in [-0.3, -0.25) is 0 Å². The van der Waals surface area contributed by atoms with Crippen LogP contribution in [0.3, 0.4) is 0 Å². The molecule has 0 amide bonds. The van der Waals surface area contributed by atoms with Crippen LogP contribution in [0.4, 0.5) is 13.2 Å². The minimum atomic E-state index is -4.78. The number of ether oxygens (including phenoxy) is 3. The minimum Gasteiger partial charge on any atom is -0.494 e. The number of halogens is 3. The molecule has 2 aromatic rings. The van der Waals surface area contributed by atoms with Gasteiger partial charge in [0.15, 0.2) is 0 Å². The first kappa shape index (κ1) is 25.9. The van der Waals surface area contributed by atoms with Gasteiger partial charge in [0.25, 0.3) is 0 Å². The number of rotatable bonds is 10. The fourth-order valence-corrected chi connectivity index (χ4v) is 3.95. The molecule has 2 aromatic carbocycles. The van der Waals surface area contributed by atoms with E-state index < -0.39 is 12.3 Å². The maximum atomic E-state index is 12.6. The number of fused-ring (bicyclic) bond motifs is 1. The Morgan fingerprint density at radius 1 is 1.06 bits per heavy atom. The van der Waals surface area contributed by atoms with Gasteiger partial charge in [0.05, 0.1) is 18.8 Å². The van der Waals surface area contributed by atoms with E-state index in [2.05, 4.69) is 17.4 Å². The van der Waals surface area contributed by atoms with Crippen LogP contribution in [0.1, 0.15) is 48.8 Å². The molecule has 0 heterocycles. The van der Waals surface area contributed by atoms with Crippen LogP contribution in [-0.4, -0.2) is 25.5 Å². The quantitative estimate of drug-likeness (QED) is 0.215. The highest BCUT2D eigenvalue weighted by Gasteiger charge is 2.31. The Balaban J connectivity index is 1.69. The van der Waals surface area contributed by atoms with Crippen LogP contribution in [0.5, 0.6) is 11.5 Å². The maximum Gasteiger partial charge on any atom is 0.573 e. The summed E-state index contributed by atoms with van der Waals surface area (Å²) in [7, 11) is 0. The zero-order chi connectivity index (χ0) is 25.3. The zero-order valence-corrected chi connectivity index (χ0v) is 19.2. The van der Waals surface area contributed by atoms with Gasteiger partial charge in [-0.2, -0.15) is 5.26 Å². The number of hydrogen-bond acceptors (Lipinski definition) is 5. The lowest BCUT2D eigenvalue weighted by molar-refractivity contribution is -0.274. The summed E-state index contributed by atoms with van der Waals surface area (Å²) in [5, 5.41) is 9.93. The summed E-state index contributed by atoms with van der Waals surface area (Å²) in [5.41, 5.74) is 3.41. The molecule has 0 aromatic heterocycles. The fraction of sp³-hybridized carbons (Fsp3) is 0.333. The van der Waals surface area contributed by atoms with Gasteiger partial charge in [-0.05, 0) is 91.1 Å². The van der Waals surface area contributed by atoms with Gasteiger partial charge in [0.2, 0.25) is 0 Å². The Morgan fingerprint density at radius 2 is 1.86 bits per heavy atom. The summed E-state index contributed by atoms with van der Waals surface area (Å²) >= 11 is 0. The summed E-state index contributed by atoms with van der Waals surface area (Å²) in [5.74, 6) is -0.0439. The molecular weight excluding hydrogens is 459 g/mol. The predicted octanol–water partition coefficient (Wildman–Crippen LogP) is 6.63. The van der Waals surface area contributed by atoms with Crippen molar-refractivity contribution in [3.8, 4) is 17.6 Å². The second-order valence-corrected chi connectivity index (χ2v) is 7.99. The first-order valence-electron chi connectivity index (χ1n) is 11.4. The molecule has 0 unspecified atom stereocenters. The summed E-state index contributed by atoms with van der Waals surface area (Å²) in [4.78, 5) is 11.0. The molecule has 3 rings (SSSR count). The molecule has 0 fully saturated rings. The van der Waals surface area contributed by atoms with E-state index in [0.717, 1.165) is 42.9 Å². The van der Waals surface area contributed by atoms with Crippen molar-refractivity contribution in [3.63, 3.8) is 0 Å². The van der Waals surface area contributed by atoms with Gasteiger partial charge in [-0.1, -0.05) is 18.7 Å². The molecule has 0 aliphatic heterocycles. The van der Waals surface area contributed by atoms with Crippen molar-refractivity contribution >= 4 is 17.1 Å². The Bertz CT molecular complexity index is 1130. The number of carbonyl (C=O) groups is 1. The molecule has 1 aliphatic rings. The molecule has 184 valence electrons. The number of unbranched alkanes of at least 4 members (excludes halogenated alkanes) is 2. The first-order valence-corrected chi connectivity index (χ1v) is 11.4. The second kappa shape index (κ2) is 12.1. The van der Waals surface area contributed by atoms with E-state index in [1.807, 2.05) is 12.1 Å². The van der Waals surface area contributed by atoms with E-state index >= 15 is 0 Å². The van der Waals surface area contributed by atoms with Crippen LogP contribution in [0.2, 0.25) is 0 Å². The lowest BCUT2D eigenvalue weighted by atomic mass is 9.93. The summed E-state index contributed by atoms with van der Waals surface area (Å²) < 4.78 is 52.8. The molecule has 0 atom stereocenters. The molecule has 1 aliphatic carbocycles. The van der Waals surface area contributed by atoms with E-state index in [-0.39, 0.29) is 5.75 Å². The van der Waals surface area contributed by atoms with Crippen LogP contribution in [0, 0.1) is 11.3 Å². The van der Waals surface area contributed by atoms with Gasteiger partial charge in [-0.25, -0.2) is 4.79 Å². The lowest BCUT2D eigenvalue weighted by Gasteiger charge is -2.13. The highest BCUT2D eigenvalue weighted by molar-refractivity contribution is 5.98. The molecule has 0 saturated heterocycles. The smallest absolute Gasteiger partial charge is 0.494 e. The molecule has 0 bridgehead atoms. The number of nitriles is 1. The van der Waals surface area contributed by atoms with Gasteiger partial charge in [0, 0.05) is 6.08 Å². The predicted molar refractivity (Wildman–Crippen MR) is 125 cm³/mol. The SMILES string of the molecule is C=CC(=O)OCCCCCOc1ccc2c(c1)CCCC(c1cccc(OC(F)(F)F)c1)=C2C#N. The largest absolute Gasteiger partial charge is 0.573 e. The van der Waals surface area contributed by atoms with E-state index in [1.54, 1.807) is 12.1 Å². The minimum absolute atomic E-state index is 0.313. The number of hydrogen-bond donors (Lipinski definition) is 0. The number of allylic oxidation sites excluding steroid dienone is 2. The van der Waals surface area contributed by atoms with Crippen LogP contribution in [0.15, 0.2) is 55.1 Å². The molecule has 0 spiro atoms. The standard InChI is InChI=1S/C27H26F3NO4/c1-2-26(32)34-15-5-3-4-14-33-21-12-13-24-19(16-21)9-7-11-23(25(24)18-31)20-8-6-10-22(17-20)35-27(28,29)30/h2,6,8,10,12-13,16-17H,1,3-5,7,9,11,14-15H2. The average molecular weight is 486 g/mol. The first-order chi connectivity index (χ1) is 16.8. The number of esters is 1. The Kier molecular flexibility index (Phi) is 8.96. The monoisotopic (exact) mass is 485 g/mol. The van der Waals surface area contributed by atoms with Crippen LogP contribution < -0.4 is 9.47 Å². The van der Waals surface area contributed by atoms with Crippen molar-refractivity contribution in [3.05, 3.63) is 71.8 Å². The highest BCUT2D eigenvalue weighted by Crippen LogP contribution is 2.38. The van der Waals surface area contributed by atoms with Crippen LogP contribution in [0.25, 0.3) is 11.1 Å². The molecule has 8 heteroatoms. The average Bonchev–Trinajstić information content (AvgIpc) is 3.01. The molecule has 5 nitrogen and oxygen atoms in total. The summed E-state index contributed by atoms with van der Waals surface area (Å²) in [6.45, 7) is 4.20. The molecule has 0 saturated carbocycles. The van der Waals surface area contributed by atoms with Gasteiger partial charge >= 0.3 is 12.3 Å². The number of benzene rings is 2. The van der Waals surface area contributed by atoms with Gasteiger partial charge < -0.3 is 14.2 Å². The number of alkyl halides is 3. The Labute approximate surface area is 202 Å². The van der Waals surface area contributed by atoms with Crippen molar-refractivity contribution in [1.29, 1.82) is 5.26 Å². The van der Waals surface area contributed by atoms with Crippen molar-refractivity contribution in [1.82, 2.24) is 0 Å². The van der Waals surface area contributed by atoms with Crippen LogP contribution >= 0.6 is 0 Å². The second-order valence-electron chi connectivity index (χ2n) is 7.99. The Morgan fingerprint density at radius 3 is 2.60 bits per heavy atom. The molecule has 35 heavy (non-hydrogen) atoms. The number of nitrogens with zero attached hydrogens (tertiary/aromatic N) is 1. The summed E-state index contributed by atoms with van der Waals surface area (Å²) in [6.07, 6.45) is 0.747. The van der Waals surface area contributed by atoms with E-state index in [4.69, 9.17) is 9.47 Å². The fourth-order valence-electron chi connectivity index (χ4n) is 3.95. The van der Waals surface area contributed by atoms with Crippen molar-refractivity contribution in [2.45, 2.75) is 44.9 Å². The summed E-state index contributed by atoms with van der Waals surface area (Å²) in [6, 6.07) is 13.6. The molecule has 0 radical (unpaired) electrons. The number of carbonyl (C=O) groups excluding carboxylic acids is 1. The topological polar surface area (TPSA) is 68.6 Å². The Hall–Kier alpha value is -3.73. The third kappa shape index (κ3) is 7.64. The van der Waals surface area contributed by atoms with Crippen molar-refractivity contribution in [2.24, 2.45) is 0 Å². The van der Waals surface area contributed by atoms with Gasteiger partial charge in [0.1, 0.15) is 17.6 Å². The highest BCUT2D eigenvalue weighted by atomic mass is 19.4. The third-order valence-electron chi connectivity index (χ3n) is 5.52. The van der Waals surface area contributed by atoms with E-state index in [1.165, 1.54) is 18.2 Å². The maximum absolute atomic E-state index is 12.6. The molecular formula is C27H26F3NO4. The van der Waals surface area contributed by atoms with E-state index in [0.29, 0.717) is 48.5 Å².